The van der Waals surface area contributed by atoms with Gasteiger partial charge in [-0.05, 0) is 48.0 Å². The number of imidazole rings is 1. The van der Waals surface area contributed by atoms with Crippen molar-refractivity contribution in [3.63, 3.8) is 0 Å². The van der Waals surface area contributed by atoms with Gasteiger partial charge in [-0.2, -0.15) is 0 Å². The summed E-state index contributed by atoms with van der Waals surface area (Å²) in [7, 11) is -3.82. The van der Waals surface area contributed by atoms with Gasteiger partial charge in [-0.15, -0.1) is 0 Å². The van der Waals surface area contributed by atoms with Gasteiger partial charge in [0.2, 0.25) is 16.6 Å². The van der Waals surface area contributed by atoms with E-state index >= 15 is 0 Å². The second kappa shape index (κ2) is 6.79. The van der Waals surface area contributed by atoms with E-state index in [1.807, 2.05) is 24.3 Å². The Bertz CT molecular complexity index is 1310. The lowest BCUT2D eigenvalue weighted by atomic mass is 10.2. The number of benzene rings is 3. The summed E-state index contributed by atoms with van der Waals surface area (Å²) in [5, 5.41) is 0. The van der Waals surface area contributed by atoms with Gasteiger partial charge in [0.05, 0.1) is 15.9 Å². The Hall–Kier alpha value is -3.58. The van der Waals surface area contributed by atoms with Crippen LogP contribution in [0.2, 0.25) is 0 Å². The Balaban J connectivity index is 1.71. The fourth-order valence-electron chi connectivity index (χ4n) is 3.22. The van der Waals surface area contributed by atoms with Crippen LogP contribution in [0.15, 0.2) is 77.7 Å². The van der Waals surface area contributed by atoms with E-state index in [0.29, 0.717) is 22.6 Å². The van der Waals surface area contributed by atoms with Crippen molar-refractivity contribution < 1.29 is 17.9 Å². The predicted octanol–water partition coefficient (Wildman–Crippen LogP) is 4.26. The molecule has 0 unspecified atom stereocenters. The second-order valence-electron chi connectivity index (χ2n) is 6.54. The van der Waals surface area contributed by atoms with Crippen LogP contribution in [0.1, 0.15) is 11.4 Å². The van der Waals surface area contributed by atoms with Crippen LogP contribution in [0.5, 0.6) is 11.5 Å². The first kappa shape index (κ1) is 17.5. The zero-order valence-electron chi connectivity index (χ0n) is 15.2. The monoisotopic (exact) mass is 404 g/mol. The van der Waals surface area contributed by atoms with Gasteiger partial charge in [0, 0.05) is 0 Å². The summed E-state index contributed by atoms with van der Waals surface area (Å²) in [6, 6.07) is 21.1. The fraction of sp³-hybridized carbons (Fsp3) is 0.0455. The Morgan fingerprint density at radius 2 is 1.69 bits per heavy atom. The SMILES string of the molecule is O=S(=O)(/C(=C/c1ccc2c(c1)OCO2)c1nc2ccccc2[nH]1)c1ccccc1. The molecule has 3 aromatic carbocycles. The first-order valence-corrected chi connectivity index (χ1v) is 10.5. The number of aromatic amines is 1. The lowest BCUT2D eigenvalue weighted by Crippen LogP contribution is -2.05. The molecule has 4 aromatic rings. The van der Waals surface area contributed by atoms with Gasteiger partial charge in [0.25, 0.3) is 0 Å². The number of ether oxygens (including phenoxy) is 2. The highest BCUT2D eigenvalue weighted by atomic mass is 32.2. The molecule has 0 fully saturated rings. The van der Waals surface area contributed by atoms with Crippen molar-refractivity contribution in [3.05, 3.63) is 84.2 Å². The molecule has 0 bridgehead atoms. The van der Waals surface area contributed by atoms with E-state index in [2.05, 4.69) is 9.97 Å². The average molecular weight is 404 g/mol. The molecule has 0 atom stereocenters. The van der Waals surface area contributed by atoms with E-state index in [9.17, 15) is 8.42 Å². The quantitative estimate of drug-likeness (QED) is 0.550. The molecular weight excluding hydrogens is 388 g/mol. The smallest absolute Gasteiger partial charge is 0.231 e. The van der Waals surface area contributed by atoms with Crippen LogP contribution in [0.4, 0.5) is 0 Å². The minimum absolute atomic E-state index is 0.0822. The number of fused-ring (bicyclic) bond motifs is 2. The number of aromatic nitrogens is 2. The summed E-state index contributed by atoms with van der Waals surface area (Å²) in [6.45, 7) is 0.154. The summed E-state index contributed by atoms with van der Waals surface area (Å²) in [5.74, 6) is 1.51. The highest BCUT2D eigenvalue weighted by Crippen LogP contribution is 2.35. The lowest BCUT2D eigenvalue weighted by molar-refractivity contribution is 0.174. The number of H-pyrrole nitrogens is 1. The third kappa shape index (κ3) is 3.15. The van der Waals surface area contributed by atoms with Gasteiger partial charge >= 0.3 is 0 Å². The summed E-state index contributed by atoms with van der Waals surface area (Å²) >= 11 is 0. The maximum atomic E-state index is 13.5. The number of para-hydroxylation sites is 2. The predicted molar refractivity (Wildman–Crippen MR) is 110 cm³/mol. The summed E-state index contributed by atoms with van der Waals surface area (Å²) in [4.78, 5) is 7.93. The molecule has 29 heavy (non-hydrogen) atoms. The van der Waals surface area contributed by atoms with Crippen LogP contribution < -0.4 is 9.47 Å². The molecule has 1 aromatic heterocycles. The van der Waals surface area contributed by atoms with Gasteiger partial charge in [-0.3, -0.25) is 0 Å². The lowest BCUT2D eigenvalue weighted by Gasteiger charge is -2.08. The number of rotatable bonds is 4. The average Bonchev–Trinajstić information content (AvgIpc) is 3.38. The summed E-state index contributed by atoms with van der Waals surface area (Å²) in [6.07, 6.45) is 1.60. The van der Waals surface area contributed by atoms with Gasteiger partial charge in [0.1, 0.15) is 10.7 Å². The van der Waals surface area contributed by atoms with E-state index < -0.39 is 9.84 Å². The largest absolute Gasteiger partial charge is 0.454 e. The van der Waals surface area contributed by atoms with Gasteiger partial charge in [0.15, 0.2) is 11.5 Å². The molecule has 144 valence electrons. The van der Waals surface area contributed by atoms with Crippen molar-refractivity contribution in [1.82, 2.24) is 9.97 Å². The van der Waals surface area contributed by atoms with Crippen LogP contribution in [0.25, 0.3) is 22.0 Å². The maximum absolute atomic E-state index is 13.5. The molecule has 0 radical (unpaired) electrons. The molecule has 0 saturated carbocycles. The third-order valence-electron chi connectivity index (χ3n) is 4.66. The van der Waals surface area contributed by atoms with Crippen molar-refractivity contribution in [3.8, 4) is 11.5 Å². The molecule has 0 saturated heterocycles. The van der Waals surface area contributed by atoms with Gasteiger partial charge in [-0.1, -0.05) is 36.4 Å². The van der Waals surface area contributed by atoms with E-state index in [0.717, 1.165) is 5.52 Å². The van der Waals surface area contributed by atoms with Crippen LogP contribution in [-0.4, -0.2) is 25.2 Å². The van der Waals surface area contributed by atoms with E-state index in [4.69, 9.17) is 9.47 Å². The molecule has 0 spiro atoms. The molecule has 1 N–H and O–H groups in total. The van der Waals surface area contributed by atoms with Gasteiger partial charge in [-0.25, -0.2) is 13.4 Å². The number of nitrogens with zero attached hydrogens (tertiary/aromatic N) is 1. The normalized spacial score (nSPS) is 13.7. The number of sulfone groups is 1. The molecule has 1 aliphatic heterocycles. The summed E-state index contributed by atoms with van der Waals surface area (Å²) < 4.78 is 37.7. The standard InChI is InChI=1S/C22H16N2O4S/c25-29(26,16-6-2-1-3-7-16)21(22-23-17-8-4-5-9-18(17)24-22)13-15-10-11-19-20(12-15)28-14-27-19/h1-13H,14H2,(H,23,24)/b21-13+. The van der Waals surface area contributed by atoms with Crippen LogP contribution >= 0.6 is 0 Å². The van der Waals surface area contributed by atoms with Crippen molar-refractivity contribution >= 4 is 31.9 Å². The van der Waals surface area contributed by atoms with Crippen LogP contribution in [0, 0.1) is 0 Å². The molecule has 2 heterocycles. The van der Waals surface area contributed by atoms with Crippen LogP contribution in [0.3, 0.4) is 0 Å². The third-order valence-corrected chi connectivity index (χ3v) is 6.44. The van der Waals surface area contributed by atoms with Crippen molar-refractivity contribution in [1.29, 1.82) is 0 Å². The molecule has 0 amide bonds. The Labute approximate surface area is 167 Å². The molecule has 6 nitrogen and oxygen atoms in total. The first-order valence-electron chi connectivity index (χ1n) is 8.98. The maximum Gasteiger partial charge on any atom is 0.231 e. The molecule has 5 rings (SSSR count). The van der Waals surface area contributed by atoms with Gasteiger partial charge < -0.3 is 14.5 Å². The number of nitrogens with one attached hydrogen (secondary N) is 1. The summed E-state index contributed by atoms with van der Waals surface area (Å²) in [5.41, 5.74) is 2.13. The molecule has 7 heteroatoms. The van der Waals surface area contributed by atoms with E-state index in [1.165, 1.54) is 0 Å². The Kier molecular flexibility index (Phi) is 4.10. The topological polar surface area (TPSA) is 81.3 Å². The zero-order valence-corrected chi connectivity index (χ0v) is 16.0. The molecule has 1 aliphatic rings. The minimum Gasteiger partial charge on any atom is -0.454 e. The fourth-order valence-corrected chi connectivity index (χ4v) is 4.64. The molecule has 0 aliphatic carbocycles. The highest BCUT2D eigenvalue weighted by molar-refractivity contribution is 8.00. The molecular formula is C22H16N2O4S. The number of hydrogen-bond donors (Lipinski definition) is 1. The highest BCUT2D eigenvalue weighted by Gasteiger charge is 2.25. The van der Waals surface area contributed by atoms with Crippen molar-refractivity contribution in [2.24, 2.45) is 0 Å². The van der Waals surface area contributed by atoms with E-state index in [-0.39, 0.29) is 22.4 Å². The van der Waals surface area contributed by atoms with Crippen LogP contribution in [-0.2, 0) is 9.84 Å². The zero-order chi connectivity index (χ0) is 19.8. The van der Waals surface area contributed by atoms with E-state index in [1.54, 1.807) is 54.6 Å². The Morgan fingerprint density at radius 1 is 0.931 bits per heavy atom. The number of hydrogen-bond acceptors (Lipinski definition) is 5. The van der Waals surface area contributed by atoms with Crippen molar-refractivity contribution in [2.75, 3.05) is 6.79 Å². The first-order chi connectivity index (χ1) is 14.1. The minimum atomic E-state index is -3.82. The second-order valence-corrected chi connectivity index (χ2v) is 8.46. The van der Waals surface area contributed by atoms with Crippen molar-refractivity contribution in [2.45, 2.75) is 4.90 Å². The Morgan fingerprint density at radius 3 is 2.52 bits per heavy atom.